The van der Waals surface area contributed by atoms with Crippen LogP contribution in [0.15, 0.2) is 24.3 Å². The molecular formula is C18H27NO3. The normalized spacial score (nSPS) is 18.3. The first-order valence-corrected chi connectivity index (χ1v) is 8.15. The van der Waals surface area contributed by atoms with E-state index < -0.39 is 0 Å². The zero-order valence-electron chi connectivity index (χ0n) is 13.9. The van der Waals surface area contributed by atoms with Gasteiger partial charge in [0.1, 0.15) is 11.9 Å². The standard InChI is InChI=1S/C18H27NO3/c1-14(2)13-22-16-9-5-4-8-15(16)12-19(3)18(20)17-10-6-7-11-21-17/h4-5,8-9,14,17H,6-7,10-13H2,1-3H3/t17-/m1/s1. The lowest BCUT2D eigenvalue weighted by molar-refractivity contribution is -0.145. The Morgan fingerprint density at radius 3 is 2.82 bits per heavy atom. The highest BCUT2D eigenvalue weighted by molar-refractivity contribution is 5.80. The molecule has 0 unspecified atom stereocenters. The van der Waals surface area contributed by atoms with Crippen LogP contribution in [-0.2, 0) is 16.1 Å². The van der Waals surface area contributed by atoms with E-state index in [0.29, 0.717) is 25.7 Å². The third-order valence-electron chi connectivity index (χ3n) is 3.78. The van der Waals surface area contributed by atoms with Gasteiger partial charge in [0.15, 0.2) is 0 Å². The first-order valence-electron chi connectivity index (χ1n) is 8.15. The van der Waals surface area contributed by atoms with Crippen molar-refractivity contribution in [3.8, 4) is 5.75 Å². The van der Waals surface area contributed by atoms with Gasteiger partial charge in [-0.15, -0.1) is 0 Å². The molecule has 2 rings (SSSR count). The van der Waals surface area contributed by atoms with E-state index in [-0.39, 0.29) is 12.0 Å². The number of ether oxygens (including phenoxy) is 2. The molecule has 0 N–H and O–H groups in total. The summed E-state index contributed by atoms with van der Waals surface area (Å²) in [5, 5.41) is 0. The third-order valence-corrected chi connectivity index (χ3v) is 3.78. The molecule has 0 aromatic heterocycles. The molecule has 0 radical (unpaired) electrons. The number of hydrogen-bond acceptors (Lipinski definition) is 3. The molecule has 1 heterocycles. The smallest absolute Gasteiger partial charge is 0.251 e. The molecule has 1 aromatic rings. The van der Waals surface area contributed by atoms with Crippen molar-refractivity contribution in [3.63, 3.8) is 0 Å². The Morgan fingerprint density at radius 2 is 2.14 bits per heavy atom. The molecule has 1 fully saturated rings. The minimum absolute atomic E-state index is 0.0679. The van der Waals surface area contributed by atoms with Crippen LogP contribution in [-0.4, -0.2) is 37.2 Å². The molecular weight excluding hydrogens is 278 g/mol. The van der Waals surface area contributed by atoms with E-state index in [9.17, 15) is 4.79 Å². The Bertz CT molecular complexity index is 481. The van der Waals surface area contributed by atoms with E-state index in [4.69, 9.17) is 9.47 Å². The number of likely N-dealkylation sites (N-methyl/N-ethyl adjacent to an activating group) is 1. The maximum atomic E-state index is 12.4. The molecule has 22 heavy (non-hydrogen) atoms. The van der Waals surface area contributed by atoms with Crippen LogP contribution in [0.25, 0.3) is 0 Å². The highest BCUT2D eigenvalue weighted by Crippen LogP contribution is 2.22. The van der Waals surface area contributed by atoms with Crippen LogP contribution in [0.1, 0.15) is 38.7 Å². The molecule has 0 saturated carbocycles. The molecule has 4 heteroatoms. The third kappa shape index (κ3) is 4.73. The molecule has 0 bridgehead atoms. The van der Waals surface area contributed by atoms with Crippen molar-refractivity contribution < 1.29 is 14.3 Å². The quantitative estimate of drug-likeness (QED) is 0.810. The maximum Gasteiger partial charge on any atom is 0.251 e. The fourth-order valence-corrected chi connectivity index (χ4v) is 2.55. The number of amides is 1. The summed E-state index contributed by atoms with van der Waals surface area (Å²) in [5.74, 6) is 1.40. The van der Waals surface area contributed by atoms with Crippen LogP contribution < -0.4 is 4.74 Å². The van der Waals surface area contributed by atoms with Gasteiger partial charge < -0.3 is 14.4 Å². The summed E-state index contributed by atoms with van der Waals surface area (Å²) >= 11 is 0. The van der Waals surface area contributed by atoms with Crippen LogP contribution in [0.2, 0.25) is 0 Å². The van der Waals surface area contributed by atoms with E-state index in [1.165, 1.54) is 0 Å². The number of rotatable bonds is 6. The SMILES string of the molecule is CC(C)COc1ccccc1CN(C)C(=O)[C@H]1CCCCO1. The van der Waals surface area contributed by atoms with Gasteiger partial charge in [-0.25, -0.2) is 0 Å². The molecule has 0 aliphatic carbocycles. The molecule has 1 atom stereocenters. The van der Waals surface area contributed by atoms with Crippen molar-refractivity contribution in [3.05, 3.63) is 29.8 Å². The zero-order valence-corrected chi connectivity index (χ0v) is 13.9. The molecule has 1 aliphatic rings. The van der Waals surface area contributed by atoms with Crippen molar-refractivity contribution in [2.24, 2.45) is 5.92 Å². The predicted octanol–water partition coefficient (Wildman–Crippen LogP) is 3.25. The number of nitrogens with zero attached hydrogens (tertiary/aromatic N) is 1. The molecule has 1 aromatic carbocycles. The van der Waals surface area contributed by atoms with Crippen LogP contribution >= 0.6 is 0 Å². The Morgan fingerprint density at radius 1 is 1.36 bits per heavy atom. The second-order valence-corrected chi connectivity index (χ2v) is 6.36. The minimum atomic E-state index is -0.275. The van der Waals surface area contributed by atoms with Crippen LogP contribution in [0.4, 0.5) is 0 Å². The molecule has 4 nitrogen and oxygen atoms in total. The van der Waals surface area contributed by atoms with E-state index in [2.05, 4.69) is 13.8 Å². The second-order valence-electron chi connectivity index (χ2n) is 6.36. The first kappa shape index (κ1) is 16.8. The van der Waals surface area contributed by atoms with E-state index in [1.807, 2.05) is 31.3 Å². The van der Waals surface area contributed by atoms with Gasteiger partial charge in [0.05, 0.1) is 6.61 Å². The molecule has 1 aliphatic heterocycles. The number of hydrogen-bond donors (Lipinski definition) is 0. The van der Waals surface area contributed by atoms with Crippen molar-refractivity contribution >= 4 is 5.91 Å². The average molecular weight is 305 g/mol. The average Bonchev–Trinajstić information content (AvgIpc) is 2.54. The van der Waals surface area contributed by atoms with Crippen molar-refractivity contribution in [2.45, 2.75) is 45.8 Å². The summed E-state index contributed by atoms with van der Waals surface area (Å²) in [4.78, 5) is 14.2. The summed E-state index contributed by atoms with van der Waals surface area (Å²) in [6.45, 7) is 6.17. The minimum Gasteiger partial charge on any atom is -0.493 e. The number of carbonyl (C=O) groups is 1. The molecule has 122 valence electrons. The molecule has 1 saturated heterocycles. The summed E-state index contributed by atoms with van der Waals surface area (Å²) in [6.07, 6.45) is 2.68. The largest absolute Gasteiger partial charge is 0.493 e. The molecule has 1 amide bonds. The van der Waals surface area contributed by atoms with Gasteiger partial charge in [0, 0.05) is 25.8 Å². The fourth-order valence-electron chi connectivity index (χ4n) is 2.55. The van der Waals surface area contributed by atoms with Crippen LogP contribution in [0.5, 0.6) is 5.75 Å². The first-order chi connectivity index (χ1) is 10.6. The van der Waals surface area contributed by atoms with Gasteiger partial charge in [-0.1, -0.05) is 32.0 Å². The van der Waals surface area contributed by atoms with Crippen molar-refractivity contribution in [2.75, 3.05) is 20.3 Å². The number of benzene rings is 1. The Kier molecular flexibility index (Phi) is 6.25. The van der Waals surface area contributed by atoms with Gasteiger partial charge >= 0.3 is 0 Å². The summed E-state index contributed by atoms with van der Waals surface area (Å²) in [5.41, 5.74) is 1.04. The number of para-hydroxylation sites is 1. The van der Waals surface area contributed by atoms with Gasteiger partial charge in [0.25, 0.3) is 5.91 Å². The van der Waals surface area contributed by atoms with Gasteiger partial charge in [0.2, 0.25) is 0 Å². The fraction of sp³-hybridized carbons (Fsp3) is 0.611. The topological polar surface area (TPSA) is 38.8 Å². The number of carbonyl (C=O) groups excluding carboxylic acids is 1. The monoisotopic (exact) mass is 305 g/mol. The van der Waals surface area contributed by atoms with Gasteiger partial charge in [-0.2, -0.15) is 0 Å². The van der Waals surface area contributed by atoms with Crippen LogP contribution in [0.3, 0.4) is 0 Å². The Hall–Kier alpha value is -1.55. The summed E-state index contributed by atoms with van der Waals surface area (Å²) < 4.78 is 11.4. The maximum absolute atomic E-state index is 12.4. The highest BCUT2D eigenvalue weighted by Gasteiger charge is 2.25. The zero-order chi connectivity index (χ0) is 15.9. The second kappa shape index (κ2) is 8.18. The summed E-state index contributed by atoms with van der Waals surface area (Å²) in [7, 11) is 1.83. The molecule has 0 spiro atoms. The lowest BCUT2D eigenvalue weighted by atomic mass is 10.1. The highest BCUT2D eigenvalue weighted by atomic mass is 16.5. The van der Waals surface area contributed by atoms with E-state index >= 15 is 0 Å². The Balaban J connectivity index is 1.98. The lowest BCUT2D eigenvalue weighted by Crippen LogP contribution is -2.39. The van der Waals surface area contributed by atoms with Crippen molar-refractivity contribution in [1.29, 1.82) is 0 Å². The summed E-state index contributed by atoms with van der Waals surface area (Å²) in [6, 6.07) is 7.92. The van der Waals surface area contributed by atoms with Crippen LogP contribution in [0, 0.1) is 5.92 Å². The Labute approximate surface area is 133 Å². The van der Waals surface area contributed by atoms with E-state index in [1.54, 1.807) is 4.90 Å². The van der Waals surface area contributed by atoms with Crippen molar-refractivity contribution in [1.82, 2.24) is 4.90 Å². The van der Waals surface area contributed by atoms with Gasteiger partial charge in [-0.3, -0.25) is 4.79 Å². The predicted molar refractivity (Wildman–Crippen MR) is 86.8 cm³/mol. The van der Waals surface area contributed by atoms with E-state index in [0.717, 1.165) is 30.6 Å². The van der Waals surface area contributed by atoms with Gasteiger partial charge in [-0.05, 0) is 31.2 Å². The lowest BCUT2D eigenvalue weighted by Gasteiger charge is -2.27.